The number of anilines is 1. The molecule has 1 aromatic heterocycles. The average molecular weight is 711 g/mol. The van der Waals surface area contributed by atoms with Gasteiger partial charge in [-0.3, -0.25) is 14.5 Å². The van der Waals surface area contributed by atoms with Crippen molar-refractivity contribution in [3.05, 3.63) is 42.8 Å². The van der Waals surface area contributed by atoms with E-state index in [1.165, 1.54) is 22.5 Å². The van der Waals surface area contributed by atoms with Crippen molar-refractivity contribution in [3.8, 4) is 0 Å². The third-order valence-electron chi connectivity index (χ3n) is 9.66. The summed E-state index contributed by atoms with van der Waals surface area (Å²) in [4.78, 5) is 37.5. The van der Waals surface area contributed by atoms with Crippen LogP contribution in [0.2, 0.25) is 0 Å². The molecule has 2 fully saturated rings. The highest BCUT2D eigenvalue weighted by Gasteiger charge is 2.58. The summed E-state index contributed by atoms with van der Waals surface area (Å²) in [5.41, 5.74) is 4.40. The van der Waals surface area contributed by atoms with E-state index < -0.39 is 12.0 Å². The lowest BCUT2D eigenvalue weighted by atomic mass is 9.54. The molecule has 0 radical (unpaired) electrons. The summed E-state index contributed by atoms with van der Waals surface area (Å²) in [7, 11) is 5.22. The smallest absolute Gasteiger partial charge is 0.325 e. The fraction of sp³-hybridized carbons (Fsp3) is 0.600. The Balaban J connectivity index is 1.44. The number of halogens is 2. The minimum absolute atomic E-state index is 0.00815. The molecule has 0 aliphatic heterocycles. The van der Waals surface area contributed by atoms with E-state index >= 15 is 0 Å². The number of fused-ring (bicyclic) bond motifs is 5. The van der Waals surface area contributed by atoms with Crippen molar-refractivity contribution < 1.29 is 19.5 Å². The van der Waals surface area contributed by atoms with Crippen molar-refractivity contribution in [1.82, 2.24) is 9.88 Å². The van der Waals surface area contributed by atoms with Crippen LogP contribution in [-0.2, 0) is 20.8 Å². The van der Waals surface area contributed by atoms with Crippen molar-refractivity contribution in [1.29, 1.82) is 0 Å². The average Bonchev–Trinajstić information content (AvgIpc) is 3.44. The molecule has 8 nitrogen and oxygen atoms in total. The number of carboxylic acid groups (broad SMARTS) is 1. The highest BCUT2D eigenvalue weighted by atomic mass is 79.9. The van der Waals surface area contributed by atoms with Gasteiger partial charge >= 0.3 is 5.97 Å². The number of aromatic nitrogens is 1. The molecule has 3 aliphatic carbocycles. The first-order valence-corrected chi connectivity index (χ1v) is 16.6. The summed E-state index contributed by atoms with van der Waals surface area (Å²) in [5.74, 6) is 0.694. The van der Waals surface area contributed by atoms with Crippen molar-refractivity contribution in [2.75, 3.05) is 26.5 Å². The number of aryl methyl sites for hydroxylation is 1. The molecule has 2 saturated carbocycles. The van der Waals surface area contributed by atoms with Gasteiger partial charge < -0.3 is 15.3 Å². The van der Waals surface area contributed by atoms with E-state index in [0.717, 1.165) is 63.6 Å². The first kappa shape index (κ1) is 30.6. The highest BCUT2D eigenvalue weighted by Crippen LogP contribution is 2.63. The van der Waals surface area contributed by atoms with E-state index in [4.69, 9.17) is 4.84 Å². The van der Waals surface area contributed by atoms with Gasteiger partial charge in [-0.2, -0.15) is 0 Å². The van der Waals surface area contributed by atoms with Crippen molar-refractivity contribution >= 4 is 65.9 Å². The molecule has 2 N–H and O–H groups in total. The number of oxime groups is 1. The predicted molar refractivity (Wildman–Crippen MR) is 169 cm³/mol. The SMILES string of the molecule is CON=C1C[C@@H](CCC(=O)Nc2ncc(C)s2)C2C3CCc4c(cc(Br)c(C(C(=O)O)N(C)C)c4Br)C3CC[C@]12C. The second kappa shape index (κ2) is 12.1. The number of amides is 1. The molecule has 0 saturated heterocycles. The van der Waals surface area contributed by atoms with Crippen LogP contribution in [0, 0.1) is 30.1 Å². The van der Waals surface area contributed by atoms with Crippen molar-refractivity contribution in [2.45, 2.75) is 70.8 Å². The molecule has 41 heavy (non-hydrogen) atoms. The number of likely N-dealkylation sites (N-methyl/N-ethyl adjacent to an activating group) is 1. The molecule has 1 amide bonds. The van der Waals surface area contributed by atoms with Gasteiger partial charge in [-0.25, -0.2) is 4.98 Å². The molecule has 5 rings (SSSR count). The van der Waals surface area contributed by atoms with Gasteiger partial charge in [0.15, 0.2) is 5.13 Å². The molecule has 222 valence electrons. The Bertz CT molecular complexity index is 1380. The van der Waals surface area contributed by atoms with Crippen LogP contribution in [0.15, 0.2) is 26.4 Å². The summed E-state index contributed by atoms with van der Waals surface area (Å²) in [6.07, 6.45) is 7.84. The largest absolute Gasteiger partial charge is 0.480 e. The van der Waals surface area contributed by atoms with E-state index in [1.54, 1.807) is 32.3 Å². The Morgan fingerprint density at radius 3 is 2.73 bits per heavy atom. The molecule has 4 unspecified atom stereocenters. The quantitative estimate of drug-likeness (QED) is 0.282. The lowest BCUT2D eigenvalue weighted by molar-refractivity contribution is -0.142. The molecule has 3 aliphatic rings. The molecule has 1 aromatic carbocycles. The maximum absolute atomic E-state index is 12.9. The van der Waals surface area contributed by atoms with Gasteiger partial charge in [0.05, 0.1) is 5.71 Å². The van der Waals surface area contributed by atoms with Gasteiger partial charge in [0, 0.05) is 37.4 Å². The highest BCUT2D eigenvalue weighted by molar-refractivity contribution is 9.11. The van der Waals surface area contributed by atoms with Gasteiger partial charge in [-0.05, 0) is 100 Å². The van der Waals surface area contributed by atoms with E-state index in [2.05, 4.69) is 60.3 Å². The first-order chi connectivity index (χ1) is 19.5. The Labute approximate surface area is 262 Å². The Morgan fingerprint density at radius 2 is 2.10 bits per heavy atom. The second-order valence-electron chi connectivity index (χ2n) is 12.2. The third kappa shape index (κ3) is 5.63. The molecule has 0 bridgehead atoms. The van der Waals surface area contributed by atoms with Crippen LogP contribution >= 0.6 is 43.2 Å². The Kier molecular flexibility index (Phi) is 9.00. The van der Waals surface area contributed by atoms with Crippen LogP contribution in [-0.4, -0.2) is 53.8 Å². The minimum Gasteiger partial charge on any atom is -0.480 e. The number of hydrogen-bond acceptors (Lipinski definition) is 7. The standard InChI is InChI=1S/C30H38Br2N4O4S/c1-15-14-33-29(41-15)34-23(37)9-6-16-12-22(35-40-5)30(2)11-10-17-18(25(16)30)7-8-19-20(17)13-21(31)24(26(19)32)27(28(38)39)36(3)4/h13-14,16-18,25,27H,6-12H2,1-5H3,(H,38,39)(H,33,34,37)/t16-,17?,18?,25?,27?,30-/m1/s1. The van der Waals surface area contributed by atoms with Gasteiger partial charge in [0.2, 0.25) is 5.91 Å². The molecule has 6 atom stereocenters. The van der Waals surface area contributed by atoms with Crippen LogP contribution in [0.4, 0.5) is 5.13 Å². The third-order valence-corrected chi connectivity index (χ3v) is 12.1. The summed E-state index contributed by atoms with van der Waals surface area (Å²) < 4.78 is 1.74. The van der Waals surface area contributed by atoms with Gasteiger partial charge in [-0.1, -0.05) is 43.9 Å². The predicted octanol–water partition coefficient (Wildman–Crippen LogP) is 7.17. The molecule has 11 heteroatoms. The Hall–Kier alpha value is -1.82. The van der Waals surface area contributed by atoms with Crippen molar-refractivity contribution in [3.63, 3.8) is 0 Å². The maximum atomic E-state index is 12.9. The normalized spacial score (nSPS) is 28.6. The Morgan fingerprint density at radius 1 is 1.34 bits per heavy atom. The number of carbonyl (C=O) groups is 2. The van der Waals surface area contributed by atoms with Gasteiger partial charge in [0.25, 0.3) is 0 Å². The van der Waals surface area contributed by atoms with E-state index in [-0.39, 0.29) is 11.3 Å². The number of carbonyl (C=O) groups excluding carboxylic acids is 1. The summed E-state index contributed by atoms with van der Waals surface area (Å²) in [5, 5.41) is 18.2. The lowest BCUT2D eigenvalue weighted by Gasteiger charge is -2.50. The maximum Gasteiger partial charge on any atom is 0.325 e. The van der Waals surface area contributed by atoms with Crippen LogP contribution in [0.1, 0.15) is 79.0 Å². The zero-order chi connectivity index (χ0) is 29.6. The monoisotopic (exact) mass is 708 g/mol. The van der Waals surface area contributed by atoms with Gasteiger partial charge in [0.1, 0.15) is 13.2 Å². The van der Waals surface area contributed by atoms with Crippen LogP contribution < -0.4 is 5.32 Å². The molecule has 1 heterocycles. The van der Waals surface area contributed by atoms with Crippen molar-refractivity contribution in [2.24, 2.45) is 28.3 Å². The number of nitrogens with zero attached hydrogens (tertiary/aromatic N) is 3. The number of aliphatic carboxylic acids is 1. The number of thiazole rings is 1. The molecule has 0 spiro atoms. The number of nitrogens with one attached hydrogen (secondary N) is 1. The topological polar surface area (TPSA) is 104 Å². The fourth-order valence-electron chi connectivity index (χ4n) is 8.03. The second-order valence-corrected chi connectivity index (χ2v) is 15.1. The minimum atomic E-state index is -0.869. The van der Waals surface area contributed by atoms with E-state index in [1.807, 2.05) is 6.92 Å². The first-order valence-electron chi connectivity index (χ1n) is 14.2. The van der Waals surface area contributed by atoms with Crippen LogP contribution in [0.5, 0.6) is 0 Å². The van der Waals surface area contributed by atoms with Crippen LogP contribution in [0.25, 0.3) is 0 Å². The summed E-state index contributed by atoms with van der Waals surface area (Å²) in [6, 6.07) is 1.44. The summed E-state index contributed by atoms with van der Waals surface area (Å²) >= 11 is 9.09. The van der Waals surface area contributed by atoms with E-state index in [0.29, 0.717) is 35.2 Å². The van der Waals surface area contributed by atoms with Gasteiger partial charge in [-0.15, -0.1) is 11.3 Å². The summed E-state index contributed by atoms with van der Waals surface area (Å²) in [6.45, 7) is 4.33. The zero-order valence-electron chi connectivity index (χ0n) is 24.2. The molecular formula is C30H38Br2N4O4S. The van der Waals surface area contributed by atoms with Crippen LogP contribution in [0.3, 0.4) is 0 Å². The molecule has 2 aromatic rings. The zero-order valence-corrected chi connectivity index (χ0v) is 28.2. The number of hydrogen-bond donors (Lipinski definition) is 2. The number of rotatable bonds is 8. The lowest BCUT2D eigenvalue weighted by Crippen LogP contribution is -2.44. The molecular weight excluding hydrogens is 672 g/mol. The fourth-order valence-corrected chi connectivity index (χ4v) is 10.5. The number of benzene rings is 1. The number of carboxylic acids is 1. The van der Waals surface area contributed by atoms with E-state index in [9.17, 15) is 14.7 Å².